The Morgan fingerprint density at radius 2 is 1.67 bits per heavy atom. The standard InChI is InChI=1S/C12H5Cl3FNO/c13-8-3-7(4-9(14)12(8)15)10-1-6(5-18)2-11(16)17-10/h1-5H. The molecule has 2 rings (SSSR count). The normalized spacial score (nSPS) is 10.4. The van der Waals surface area contributed by atoms with Crippen LogP contribution in [0.5, 0.6) is 0 Å². The maximum absolute atomic E-state index is 13.2. The second kappa shape index (κ2) is 5.22. The molecule has 1 aromatic carbocycles. The topological polar surface area (TPSA) is 30.0 Å². The molecule has 92 valence electrons. The predicted octanol–water partition coefficient (Wildman–Crippen LogP) is 4.66. The highest BCUT2D eigenvalue weighted by molar-refractivity contribution is 6.48. The van der Waals surface area contributed by atoms with E-state index in [1.165, 1.54) is 18.2 Å². The Bertz CT molecular complexity index is 608. The lowest BCUT2D eigenvalue weighted by Gasteiger charge is -2.05. The number of halogens is 4. The van der Waals surface area contributed by atoms with Gasteiger partial charge in [0.15, 0.2) is 0 Å². The number of benzene rings is 1. The molecule has 0 atom stereocenters. The lowest BCUT2D eigenvalue weighted by molar-refractivity contribution is 0.112. The average molecular weight is 305 g/mol. The smallest absolute Gasteiger partial charge is 0.214 e. The van der Waals surface area contributed by atoms with Gasteiger partial charge in [-0.15, -0.1) is 0 Å². The Labute approximate surface area is 117 Å². The number of carbonyl (C=O) groups excluding carboxylic acids is 1. The van der Waals surface area contributed by atoms with Gasteiger partial charge in [-0.2, -0.15) is 4.39 Å². The molecule has 0 aliphatic heterocycles. The van der Waals surface area contributed by atoms with Crippen LogP contribution in [0.2, 0.25) is 15.1 Å². The highest BCUT2D eigenvalue weighted by atomic mass is 35.5. The van der Waals surface area contributed by atoms with Crippen LogP contribution in [0.15, 0.2) is 24.3 Å². The Morgan fingerprint density at radius 1 is 1.06 bits per heavy atom. The molecule has 0 saturated carbocycles. The zero-order valence-corrected chi connectivity index (χ0v) is 11.0. The van der Waals surface area contributed by atoms with E-state index in [-0.39, 0.29) is 26.3 Å². The molecule has 18 heavy (non-hydrogen) atoms. The predicted molar refractivity (Wildman–Crippen MR) is 70.0 cm³/mol. The van der Waals surface area contributed by atoms with Crippen molar-refractivity contribution in [2.75, 3.05) is 0 Å². The molecule has 0 fully saturated rings. The summed E-state index contributed by atoms with van der Waals surface area (Å²) in [5.41, 5.74) is 0.925. The van der Waals surface area contributed by atoms with E-state index in [1.54, 1.807) is 0 Å². The number of pyridine rings is 1. The van der Waals surface area contributed by atoms with E-state index in [0.717, 1.165) is 6.07 Å². The van der Waals surface area contributed by atoms with E-state index in [0.29, 0.717) is 11.8 Å². The molecule has 0 saturated heterocycles. The van der Waals surface area contributed by atoms with Crippen molar-refractivity contribution in [3.63, 3.8) is 0 Å². The van der Waals surface area contributed by atoms with Crippen LogP contribution in [0.25, 0.3) is 11.3 Å². The summed E-state index contributed by atoms with van der Waals surface area (Å²) < 4.78 is 13.2. The van der Waals surface area contributed by atoms with Crippen LogP contribution >= 0.6 is 34.8 Å². The van der Waals surface area contributed by atoms with E-state index >= 15 is 0 Å². The van der Waals surface area contributed by atoms with Gasteiger partial charge >= 0.3 is 0 Å². The summed E-state index contributed by atoms with van der Waals surface area (Å²) in [7, 11) is 0. The minimum Gasteiger partial charge on any atom is -0.298 e. The van der Waals surface area contributed by atoms with E-state index in [9.17, 15) is 9.18 Å². The maximum Gasteiger partial charge on any atom is 0.214 e. The van der Waals surface area contributed by atoms with Crippen LogP contribution < -0.4 is 0 Å². The molecule has 1 aromatic heterocycles. The molecular formula is C12H5Cl3FNO. The van der Waals surface area contributed by atoms with Gasteiger partial charge in [-0.3, -0.25) is 4.79 Å². The minimum absolute atomic E-state index is 0.180. The van der Waals surface area contributed by atoms with Crippen molar-refractivity contribution >= 4 is 41.1 Å². The number of aromatic nitrogens is 1. The lowest BCUT2D eigenvalue weighted by atomic mass is 10.1. The molecule has 0 N–H and O–H groups in total. The fourth-order valence-electron chi connectivity index (χ4n) is 1.44. The van der Waals surface area contributed by atoms with Crippen LogP contribution in [0.3, 0.4) is 0 Å². The first-order chi connectivity index (χ1) is 8.51. The molecule has 0 aliphatic rings. The van der Waals surface area contributed by atoms with Crippen LogP contribution in [-0.4, -0.2) is 11.3 Å². The number of rotatable bonds is 2. The molecule has 0 unspecified atom stereocenters. The molecule has 2 aromatic rings. The third-order valence-electron chi connectivity index (χ3n) is 2.23. The first-order valence-corrected chi connectivity index (χ1v) is 5.92. The van der Waals surface area contributed by atoms with Crippen molar-refractivity contribution in [3.05, 3.63) is 50.8 Å². The second-order valence-corrected chi connectivity index (χ2v) is 4.67. The average Bonchev–Trinajstić information content (AvgIpc) is 2.34. The third kappa shape index (κ3) is 2.64. The van der Waals surface area contributed by atoms with Crippen LogP contribution in [0, 0.1) is 5.95 Å². The SMILES string of the molecule is O=Cc1cc(F)nc(-c2cc(Cl)c(Cl)c(Cl)c2)c1. The number of carbonyl (C=O) groups is 1. The third-order valence-corrected chi connectivity index (χ3v) is 3.43. The lowest BCUT2D eigenvalue weighted by Crippen LogP contribution is -1.92. The number of aldehydes is 1. The Kier molecular flexibility index (Phi) is 3.85. The van der Waals surface area contributed by atoms with Gasteiger partial charge < -0.3 is 0 Å². The molecule has 0 radical (unpaired) electrons. The van der Waals surface area contributed by atoms with Gasteiger partial charge in [0, 0.05) is 17.2 Å². The summed E-state index contributed by atoms with van der Waals surface area (Å²) in [5.74, 6) is -0.753. The first kappa shape index (κ1) is 13.3. The van der Waals surface area contributed by atoms with E-state index in [1.807, 2.05) is 0 Å². The summed E-state index contributed by atoms with van der Waals surface area (Å²) in [6.07, 6.45) is 0.535. The molecule has 0 aliphatic carbocycles. The molecule has 0 bridgehead atoms. The van der Waals surface area contributed by atoms with Gasteiger partial charge in [-0.25, -0.2) is 4.98 Å². The summed E-state index contributed by atoms with van der Waals surface area (Å²) in [5, 5.41) is 0.685. The number of hydrogen-bond donors (Lipinski definition) is 0. The van der Waals surface area contributed by atoms with Crippen molar-refractivity contribution in [1.82, 2.24) is 4.98 Å². The van der Waals surface area contributed by atoms with Crippen molar-refractivity contribution in [1.29, 1.82) is 0 Å². The van der Waals surface area contributed by atoms with Crippen LogP contribution in [0.4, 0.5) is 4.39 Å². The minimum atomic E-state index is -0.753. The summed E-state index contributed by atoms with van der Waals surface area (Å²) in [4.78, 5) is 14.3. The van der Waals surface area contributed by atoms with Gasteiger partial charge in [-0.1, -0.05) is 34.8 Å². The Hall–Kier alpha value is -1.16. The summed E-state index contributed by atoms with van der Waals surface area (Å²) in [6, 6.07) is 5.49. The Balaban J connectivity index is 2.61. The van der Waals surface area contributed by atoms with Crippen molar-refractivity contribution in [2.45, 2.75) is 0 Å². The van der Waals surface area contributed by atoms with Gasteiger partial charge in [-0.05, 0) is 18.2 Å². The second-order valence-electron chi connectivity index (χ2n) is 3.48. The van der Waals surface area contributed by atoms with Gasteiger partial charge in [0.05, 0.1) is 20.8 Å². The monoisotopic (exact) mass is 303 g/mol. The zero-order valence-electron chi connectivity index (χ0n) is 8.75. The summed E-state index contributed by atoms with van der Waals surface area (Å²) in [6.45, 7) is 0. The Morgan fingerprint density at radius 3 is 2.22 bits per heavy atom. The quantitative estimate of drug-likeness (QED) is 0.459. The van der Waals surface area contributed by atoms with Crippen molar-refractivity contribution in [2.24, 2.45) is 0 Å². The van der Waals surface area contributed by atoms with E-state index in [2.05, 4.69) is 4.98 Å². The maximum atomic E-state index is 13.2. The molecule has 0 amide bonds. The van der Waals surface area contributed by atoms with Crippen molar-refractivity contribution < 1.29 is 9.18 Å². The number of nitrogens with zero attached hydrogens (tertiary/aromatic N) is 1. The summed E-state index contributed by atoms with van der Waals surface area (Å²) >= 11 is 17.6. The molecule has 6 heteroatoms. The van der Waals surface area contributed by atoms with E-state index in [4.69, 9.17) is 34.8 Å². The zero-order chi connectivity index (χ0) is 13.3. The van der Waals surface area contributed by atoms with Gasteiger partial charge in [0.1, 0.15) is 6.29 Å². The molecule has 1 heterocycles. The number of hydrogen-bond acceptors (Lipinski definition) is 2. The van der Waals surface area contributed by atoms with E-state index < -0.39 is 5.95 Å². The highest BCUT2D eigenvalue weighted by Crippen LogP contribution is 2.34. The van der Waals surface area contributed by atoms with Crippen molar-refractivity contribution in [3.8, 4) is 11.3 Å². The van der Waals surface area contributed by atoms with Crippen LogP contribution in [-0.2, 0) is 0 Å². The highest BCUT2D eigenvalue weighted by Gasteiger charge is 2.10. The van der Waals surface area contributed by atoms with Crippen LogP contribution in [0.1, 0.15) is 10.4 Å². The first-order valence-electron chi connectivity index (χ1n) is 4.79. The van der Waals surface area contributed by atoms with Gasteiger partial charge in [0.25, 0.3) is 0 Å². The fourth-order valence-corrected chi connectivity index (χ4v) is 2.03. The fraction of sp³-hybridized carbons (Fsp3) is 0. The largest absolute Gasteiger partial charge is 0.298 e. The molecule has 0 spiro atoms. The molecular weight excluding hydrogens is 299 g/mol. The van der Waals surface area contributed by atoms with Gasteiger partial charge in [0.2, 0.25) is 5.95 Å². The molecule has 2 nitrogen and oxygen atoms in total.